The summed E-state index contributed by atoms with van der Waals surface area (Å²) in [6.45, 7) is 4.59. The monoisotopic (exact) mass is 465 g/mol. The zero-order valence-corrected chi connectivity index (χ0v) is 18.8. The van der Waals surface area contributed by atoms with Gasteiger partial charge >= 0.3 is 12.0 Å². The Labute approximate surface area is 189 Å². The van der Waals surface area contributed by atoms with Crippen molar-refractivity contribution >= 4 is 46.5 Å². The first-order chi connectivity index (χ1) is 14.9. The predicted molar refractivity (Wildman–Crippen MR) is 117 cm³/mol. The van der Waals surface area contributed by atoms with Crippen LogP contribution in [0.4, 0.5) is 10.5 Å². The van der Waals surface area contributed by atoms with Crippen LogP contribution in [-0.2, 0) is 9.53 Å². The lowest BCUT2D eigenvalue weighted by molar-refractivity contribution is -0.144. The van der Waals surface area contributed by atoms with E-state index in [0.29, 0.717) is 28.8 Å². The topological polar surface area (TPSA) is 114 Å². The van der Waals surface area contributed by atoms with Crippen LogP contribution in [0.15, 0.2) is 24.3 Å². The standard InChI is InChI=1S/C20H24ClN5O4S/c1-3-30-19(28)12(2)22-20(29)26-10-4-5-13(11-26)17-24-25-18(31-17)16(27)23-15-8-6-14(21)7-9-15/h6-9,12-13H,3-5,10-11H2,1-2H3,(H,22,29)(H,23,27)/t12-,13+/m0/s1. The molecule has 2 heterocycles. The van der Waals surface area contributed by atoms with Crippen molar-refractivity contribution in [1.82, 2.24) is 20.4 Å². The van der Waals surface area contributed by atoms with Crippen molar-refractivity contribution in [1.29, 1.82) is 0 Å². The SMILES string of the molecule is CCOC(=O)[C@H](C)NC(=O)N1CCC[C@@H](c2nnc(C(=O)Nc3ccc(Cl)cc3)s2)C1. The van der Waals surface area contributed by atoms with E-state index >= 15 is 0 Å². The molecule has 1 aromatic carbocycles. The van der Waals surface area contributed by atoms with Crippen molar-refractivity contribution in [3.63, 3.8) is 0 Å². The van der Waals surface area contributed by atoms with Gasteiger partial charge in [-0.05, 0) is 51.0 Å². The zero-order valence-electron chi connectivity index (χ0n) is 17.3. The molecular formula is C20H24ClN5O4S. The number of rotatable bonds is 6. The summed E-state index contributed by atoms with van der Waals surface area (Å²) < 4.78 is 4.92. The minimum absolute atomic E-state index is 0.0213. The van der Waals surface area contributed by atoms with Crippen molar-refractivity contribution in [3.05, 3.63) is 39.3 Å². The van der Waals surface area contributed by atoms with Crippen molar-refractivity contribution in [2.45, 2.75) is 38.6 Å². The first kappa shape index (κ1) is 23.0. The number of piperidine rings is 1. The molecule has 0 unspecified atom stereocenters. The van der Waals surface area contributed by atoms with E-state index in [4.69, 9.17) is 16.3 Å². The van der Waals surface area contributed by atoms with Gasteiger partial charge in [-0.25, -0.2) is 9.59 Å². The maximum Gasteiger partial charge on any atom is 0.328 e. The maximum atomic E-state index is 12.5. The molecule has 2 atom stereocenters. The second-order valence-corrected chi connectivity index (χ2v) is 8.56. The van der Waals surface area contributed by atoms with E-state index in [-0.39, 0.29) is 29.5 Å². The van der Waals surface area contributed by atoms with Crippen molar-refractivity contribution in [3.8, 4) is 0 Å². The fraction of sp³-hybridized carbons (Fsp3) is 0.450. The number of halogens is 1. The summed E-state index contributed by atoms with van der Waals surface area (Å²) in [5.41, 5.74) is 0.613. The molecule has 31 heavy (non-hydrogen) atoms. The predicted octanol–water partition coefficient (Wildman–Crippen LogP) is 3.28. The van der Waals surface area contributed by atoms with Crippen LogP contribution < -0.4 is 10.6 Å². The highest BCUT2D eigenvalue weighted by Gasteiger charge is 2.29. The van der Waals surface area contributed by atoms with Crippen LogP contribution >= 0.6 is 22.9 Å². The molecule has 0 radical (unpaired) electrons. The van der Waals surface area contributed by atoms with E-state index < -0.39 is 12.0 Å². The number of hydrogen-bond donors (Lipinski definition) is 2. The van der Waals surface area contributed by atoms with Crippen LogP contribution in [0.2, 0.25) is 5.02 Å². The second-order valence-electron chi connectivity index (χ2n) is 7.11. The van der Waals surface area contributed by atoms with E-state index in [1.54, 1.807) is 43.0 Å². The maximum absolute atomic E-state index is 12.5. The van der Waals surface area contributed by atoms with Gasteiger partial charge in [-0.15, -0.1) is 10.2 Å². The molecule has 0 bridgehead atoms. The van der Waals surface area contributed by atoms with Crippen LogP contribution in [0.25, 0.3) is 0 Å². The van der Waals surface area contributed by atoms with Gasteiger partial charge in [0.1, 0.15) is 11.0 Å². The average molecular weight is 466 g/mol. The Kier molecular flexibility index (Phi) is 7.80. The summed E-state index contributed by atoms with van der Waals surface area (Å²) in [5, 5.41) is 15.2. The molecule has 166 valence electrons. The number of benzene rings is 1. The molecule has 11 heteroatoms. The molecule has 1 fully saturated rings. The minimum atomic E-state index is -0.725. The molecular weight excluding hydrogens is 442 g/mol. The van der Waals surface area contributed by atoms with Crippen molar-refractivity contribution < 1.29 is 19.1 Å². The van der Waals surface area contributed by atoms with Gasteiger partial charge in [0.2, 0.25) is 5.01 Å². The van der Waals surface area contributed by atoms with Gasteiger partial charge in [-0.2, -0.15) is 0 Å². The number of amides is 3. The fourth-order valence-corrected chi connectivity index (χ4v) is 4.17. The van der Waals surface area contributed by atoms with Crippen LogP contribution in [0.1, 0.15) is 47.4 Å². The van der Waals surface area contributed by atoms with E-state index in [0.717, 1.165) is 12.8 Å². The largest absolute Gasteiger partial charge is 0.464 e. The highest BCUT2D eigenvalue weighted by atomic mass is 35.5. The number of carbonyl (C=O) groups excluding carboxylic acids is 3. The Morgan fingerprint density at radius 2 is 2.03 bits per heavy atom. The summed E-state index contributed by atoms with van der Waals surface area (Å²) in [6.07, 6.45) is 1.63. The Morgan fingerprint density at radius 3 is 2.74 bits per heavy atom. The lowest BCUT2D eigenvalue weighted by Gasteiger charge is -2.32. The number of nitrogens with zero attached hydrogens (tertiary/aromatic N) is 3. The number of anilines is 1. The molecule has 0 aliphatic carbocycles. The Balaban J connectivity index is 1.58. The Hall–Kier alpha value is -2.72. The first-order valence-electron chi connectivity index (χ1n) is 9.99. The van der Waals surface area contributed by atoms with E-state index in [1.807, 2.05) is 0 Å². The number of urea groups is 1. The number of carbonyl (C=O) groups is 3. The minimum Gasteiger partial charge on any atom is -0.464 e. The van der Waals surface area contributed by atoms with Crippen LogP contribution in [0.3, 0.4) is 0 Å². The lowest BCUT2D eigenvalue weighted by atomic mass is 9.99. The van der Waals surface area contributed by atoms with Gasteiger partial charge < -0.3 is 20.3 Å². The number of likely N-dealkylation sites (tertiary alicyclic amines) is 1. The third-order valence-electron chi connectivity index (χ3n) is 4.77. The summed E-state index contributed by atoms with van der Waals surface area (Å²) in [6, 6.07) is 5.74. The van der Waals surface area contributed by atoms with Crippen molar-refractivity contribution in [2.75, 3.05) is 25.0 Å². The quantitative estimate of drug-likeness (QED) is 0.633. The number of aromatic nitrogens is 2. The third kappa shape index (κ3) is 6.14. The van der Waals surface area contributed by atoms with Gasteiger partial charge in [0.05, 0.1) is 6.61 Å². The normalized spacial score (nSPS) is 17.0. The van der Waals surface area contributed by atoms with E-state index in [1.165, 1.54) is 11.3 Å². The molecule has 2 N–H and O–H groups in total. The molecule has 1 saturated heterocycles. The van der Waals surface area contributed by atoms with Gasteiger partial charge in [0, 0.05) is 29.7 Å². The van der Waals surface area contributed by atoms with Gasteiger partial charge in [0.15, 0.2) is 0 Å². The van der Waals surface area contributed by atoms with Gasteiger partial charge in [-0.3, -0.25) is 4.79 Å². The number of ether oxygens (including phenoxy) is 1. The lowest BCUT2D eigenvalue weighted by Crippen LogP contribution is -2.49. The first-order valence-corrected chi connectivity index (χ1v) is 11.2. The molecule has 3 rings (SSSR count). The molecule has 2 aromatic rings. The summed E-state index contributed by atoms with van der Waals surface area (Å²) in [4.78, 5) is 38.4. The number of esters is 1. The fourth-order valence-electron chi connectivity index (χ4n) is 3.17. The molecule has 1 aromatic heterocycles. The summed E-state index contributed by atoms with van der Waals surface area (Å²) >= 11 is 7.07. The molecule has 1 aliphatic rings. The highest BCUT2D eigenvalue weighted by Crippen LogP contribution is 2.29. The summed E-state index contributed by atoms with van der Waals surface area (Å²) in [5.74, 6) is -0.836. The zero-order chi connectivity index (χ0) is 22.4. The summed E-state index contributed by atoms with van der Waals surface area (Å²) in [7, 11) is 0. The van der Waals surface area contributed by atoms with Crippen LogP contribution in [0.5, 0.6) is 0 Å². The molecule has 0 saturated carbocycles. The van der Waals surface area contributed by atoms with E-state index in [2.05, 4.69) is 20.8 Å². The average Bonchev–Trinajstić information content (AvgIpc) is 3.26. The number of hydrogen-bond acceptors (Lipinski definition) is 7. The molecule has 9 nitrogen and oxygen atoms in total. The third-order valence-corrected chi connectivity index (χ3v) is 6.11. The van der Waals surface area contributed by atoms with Gasteiger partial charge in [-0.1, -0.05) is 22.9 Å². The Morgan fingerprint density at radius 1 is 1.29 bits per heavy atom. The Bertz CT molecular complexity index is 936. The molecule has 1 aliphatic heterocycles. The highest BCUT2D eigenvalue weighted by molar-refractivity contribution is 7.13. The smallest absolute Gasteiger partial charge is 0.328 e. The van der Waals surface area contributed by atoms with E-state index in [9.17, 15) is 14.4 Å². The molecule has 0 spiro atoms. The van der Waals surface area contributed by atoms with Crippen LogP contribution in [-0.4, -0.2) is 58.7 Å². The van der Waals surface area contributed by atoms with Gasteiger partial charge in [0.25, 0.3) is 5.91 Å². The molecule has 3 amide bonds. The van der Waals surface area contributed by atoms with Crippen molar-refractivity contribution in [2.24, 2.45) is 0 Å². The number of nitrogens with one attached hydrogen (secondary N) is 2. The van der Waals surface area contributed by atoms with Crippen LogP contribution in [0, 0.1) is 0 Å². The second kappa shape index (κ2) is 10.5.